The number of aromatic nitrogens is 2. The monoisotopic (exact) mass is 367 g/mol. The van der Waals surface area contributed by atoms with Gasteiger partial charge in [-0.15, -0.1) is 0 Å². The van der Waals surface area contributed by atoms with Crippen molar-refractivity contribution in [3.05, 3.63) is 65.6 Å². The molecule has 1 aromatic heterocycles. The van der Waals surface area contributed by atoms with Crippen LogP contribution < -0.4 is 10.1 Å². The van der Waals surface area contributed by atoms with Crippen LogP contribution in [0.3, 0.4) is 0 Å². The Bertz CT molecular complexity index is 962. The lowest BCUT2D eigenvalue weighted by Crippen LogP contribution is -2.13. The van der Waals surface area contributed by atoms with Crippen molar-refractivity contribution in [2.45, 2.75) is 26.9 Å². The number of hydrogen-bond acceptors (Lipinski definition) is 3. The SMILES string of the molecule is Cc1cc(-c2cc(C(=O)Nc3ccc(OC(C)C)cc3)nn2C)ccc1F. The average molecular weight is 367 g/mol. The molecule has 3 aromatic rings. The van der Waals surface area contributed by atoms with Gasteiger partial charge in [-0.3, -0.25) is 9.48 Å². The van der Waals surface area contributed by atoms with Crippen LogP contribution in [-0.4, -0.2) is 21.8 Å². The van der Waals surface area contributed by atoms with E-state index in [1.807, 2.05) is 13.8 Å². The van der Waals surface area contributed by atoms with Gasteiger partial charge < -0.3 is 10.1 Å². The highest BCUT2D eigenvalue weighted by molar-refractivity contribution is 6.03. The Kier molecular flexibility index (Phi) is 5.26. The molecule has 0 fully saturated rings. The summed E-state index contributed by atoms with van der Waals surface area (Å²) in [5.74, 6) is 0.173. The van der Waals surface area contributed by atoms with Crippen molar-refractivity contribution in [2.75, 3.05) is 5.32 Å². The van der Waals surface area contributed by atoms with Crippen LogP contribution >= 0.6 is 0 Å². The second kappa shape index (κ2) is 7.61. The van der Waals surface area contributed by atoms with E-state index in [1.165, 1.54) is 6.07 Å². The van der Waals surface area contributed by atoms with Crippen molar-refractivity contribution in [3.8, 4) is 17.0 Å². The number of amides is 1. The number of rotatable bonds is 5. The molecule has 0 radical (unpaired) electrons. The fourth-order valence-electron chi connectivity index (χ4n) is 2.74. The number of carbonyl (C=O) groups is 1. The lowest BCUT2D eigenvalue weighted by Gasteiger charge is -2.10. The second-order valence-corrected chi connectivity index (χ2v) is 6.65. The van der Waals surface area contributed by atoms with Crippen LogP contribution in [0.5, 0.6) is 5.75 Å². The molecule has 0 saturated carbocycles. The highest BCUT2D eigenvalue weighted by atomic mass is 19.1. The number of nitrogens with one attached hydrogen (secondary N) is 1. The summed E-state index contributed by atoms with van der Waals surface area (Å²) in [5.41, 5.74) is 3.03. The van der Waals surface area contributed by atoms with Crippen LogP contribution in [0.25, 0.3) is 11.3 Å². The maximum absolute atomic E-state index is 13.5. The predicted molar refractivity (Wildman–Crippen MR) is 103 cm³/mol. The van der Waals surface area contributed by atoms with Crippen LogP contribution in [0.2, 0.25) is 0 Å². The van der Waals surface area contributed by atoms with E-state index < -0.39 is 0 Å². The van der Waals surface area contributed by atoms with Gasteiger partial charge in [0.05, 0.1) is 11.8 Å². The molecule has 0 aliphatic rings. The normalized spacial score (nSPS) is 10.9. The predicted octanol–water partition coefficient (Wildman–Crippen LogP) is 4.57. The molecule has 1 N–H and O–H groups in total. The Morgan fingerprint density at radius 1 is 1.15 bits per heavy atom. The Balaban J connectivity index is 1.76. The standard InChI is InChI=1S/C21H22FN3O2/c1-13(2)27-17-8-6-16(7-9-17)23-21(26)19-12-20(25(4)24-19)15-5-10-18(22)14(3)11-15/h5-13H,1-4H3,(H,23,26). The molecule has 1 heterocycles. The zero-order valence-corrected chi connectivity index (χ0v) is 15.8. The zero-order valence-electron chi connectivity index (χ0n) is 15.8. The van der Waals surface area contributed by atoms with Crippen molar-refractivity contribution < 1.29 is 13.9 Å². The van der Waals surface area contributed by atoms with E-state index in [0.717, 1.165) is 17.0 Å². The quantitative estimate of drug-likeness (QED) is 0.718. The van der Waals surface area contributed by atoms with E-state index in [4.69, 9.17) is 4.74 Å². The highest BCUT2D eigenvalue weighted by Crippen LogP contribution is 2.23. The molecule has 5 nitrogen and oxygen atoms in total. The molecule has 0 saturated heterocycles. The van der Waals surface area contributed by atoms with Crippen molar-refractivity contribution in [1.82, 2.24) is 9.78 Å². The summed E-state index contributed by atoms with van der Waals surface area (Å²) in [6.07, 6.45) is 0.0903. The first-order valence-electron chi connectivity index (χ1n) is 8.72. The number of carbonyl (C=O) groups excluding carboxylic acids is 1. The Morgan fingerprint density at radius 3 is 2.48 bits per heavy atom. The van der Waals surface area contributed by atoms with Crippen LogP contribution in [-0.2, 0) is 7.05 Å². The molecule has 6 heteroatoms. The minimum absolute atomic E-state index is 0.0903. The molecule has 2 aromatic carbocycles. The van der Waals surface area contributed by atoms with Crippen LogP contribution in [0.1, 0.15) is 29.9 Å². The van der Waals surface area contributed by atoms with Crippen LogP contribution in [0.15, 0.2) is 48.5 Å². The molecule has 0 atom stereocenters. The van der Waals surface area contributed by atoms with Gasteiger partial charge in [0.1, 0.15) is 11.6 Å². The fraction of sp³-hybridized carbons (Fsp3) is 0.238. The summed E-state index contributed by atoms with van der Waals surface area (Å²) in [6, 6.07) is 13.7. The molecular weight excluding hydrogens is 345 g/mol. The minimum atomic E-state index is -0.312. The van der Waals surface area contributed by atoms with E-state index in [1.54, 1.807) is 61.1 Å². The first-order chi connectivity index (χ1) is 12.8. The summed E-state index contributed by atoms with van der Waals surface area (Å²) >= 11 is 0. The van der Waals surface area contributed by atoms with Crippen LogP contribution in [0, 0.1) is 12.7 Å². The zero-order chi connectivity index (χ0) is 19.6. The first-order valence-corrected chi connectivity index (χ1v) is 8.72. The van der Waals surface area contributed by atoms with E-state index in [-0.39, 0.29) is 23.5 Å². The fourth-order valence-corrected chi connectivity index (χ4v) is 2.74. The highest BCUT2D eigenvalue weighted by Gasteiger charge is 2.15. The van der Waals surface area contributed by atoms with Gasteiger partial charge >= 0.3 is 0 Å². The van der Waals surface area contributed by atoms with Gasteiger partial charge in [-0.05, 0) is 74.9 Å². The van der Waals surface area contributed by atoms with Gasteiger partial charge in [-0.2, -0.15) is 5.10 Å². The number of benzene rings is 2. The number of anilines is 1. The van der Waals surface area contributed by atoms with Crippen molar-refractivity contribution in [3.63, 3.8) is 0 Å². The van der Waals surface area contributed by atoms with Crippen LogP contribution in [0.4, 0.5) is 10.1 Å². The third-order valence-corrected chi connectivity index (χ3v) is 4.05. The van der Waals surface area contributed by atoms with Gasteiger partial charge in [0.2, 0.25) is 0 Å². The van der Waals surface area contributed by atoms with E-state index >= 15 is 0 Å². The van der Waals surface area contributed by atoms with E-state index in [9.17, 15) is 9.18 Å². The molecule has 140 valence electrons. The Morgan fingerprint density at radius 2 is 1.85 bits per heavy atom. The lowest BCUT2D eigenvalue weighted by atomic mass is 10.1. The molecule has 1 amide bonds. The summed E-state index contributed by atoms with van der Waals surface area (Å²) in [7, 11) is 1.75. The van der Waals surface area contributed by atoms with Crippen molar-refractivity contribution >= 4 is 11.6 Å². The number of halogens is 1. The Labute approximate surface area is 157 Å². The third kappa shape index (κ3) is 4.34. The van der Waals surface area contributed by atoms with E-state index in [0.29, 0.717) is 11.3 Å². The van der Waals surface area contributed by atoms with Crippen molar-refractivity contribution in [1.29, 1.82) is 0 Å². The number of hydrogen-bond donors (Lipinski definition) is 1. The van der Waals surface area contributed by atoms with Gasteiger partial charge in [0.25, 0.3) is 5.91 Å². The van der Waals surface area contributed by atoms with Gasteiger partial charge in [0, 0.05) is 18.3 Å². The second-order valence-electron chi connectivity index (χ2n) is 6.65. The molecule has 0 aliphatic carbocycles. The van der Waals surface area contributed by atoms with E-state index in [2.05, 4.69) is 10.4 Å². The molecule has 3 rings (SSSR count). The molecule has 0 aliphatic heterocycles. The molecular formula is C21H22FN3O2. The maximum atomic E-state index is 13.5. The lowest BCUT2D eigenvalue weighted by molar-refractivity contribution is 0.102. The Hall–Kier alpha value is -3.15. The molecule has 0 unspecified atom stereocenters. The summed E-state index contributed by atoms with van der Waals surface area (Å²) in [5, 5.41) is 7.10. The minimum Gasteiger partial charge on any atom is -0.491 e. The van der Waals surface area contributed by atoms with Gasteiger partial charge in [-0.1, -0.05) is 0 Å². The summed E-state index contributed by atoms with van der Waals surface area (Å²) in [4.78, 5) is 12.5. The number of ether oxygens (including phenoxy) is 1. The summed E-state index contributed by atoms with van der Waals surface area (Å²) in [6.45, 7) is 5.61. The molecule has 0 spiro atoms. The van der Waals surface area contributed by atoms with Gasteiger partial charge in [0.15, 0.2) is 5.69 Å². The first kappa shape index (κ1) is 18.6. The number of aryl methyl sites for hydroxylation is 2. The average Bonchev–Trinajstić information content (AvgIpc) is 3.00. The molecule has 27 heavy (non-hydrogen) atoms. The largest absolute Gasteiger partial charge is 0.491 e. The van der Waals surface area contributed by atoms with Crippen molar-refractivity contribution in [2.24, 2.45) is 7.05 Å². The maximum Gasteiger partial charge on any atom is 0.276 e. The summed E-state index contributed by atoms with van der Waals surface area (Å²) < 4.78 is 20.7. The van der Waals surface area contributed by atoms with Gasteiger partial charge in [-0.25, -0.2) is 4.39 Å². The topological polar surface area (TPSA) is 56.1 Å². The molecule has 0 bridgehead atoms. The third-order valence-electron chi connectivity index (χ3n) is 4.05. The smallest absolute Gasteiger partial charge is 0.276 e. The number of nitrogens with zero attached hydrogens (tertiary/aromatic N) is 2.